The first-order valence-corrected chi connectivity index (χ1v) is 5.45. The lowest BCUT2D eigenvalue weighted by Gasteiger charge is -2.24. The third kappa shape index (κ3) is 5.54. The van der Waals surface area contributed by atoms with Gasteiger partial charge in [-0.2, -0.15) is 0 Å². The number of carbonyl (C=O) groups is 1. The monoisotopic (exact) mass is 213 g/mol. The van der Waals surface area contributed by atoms with E-state index in [0.717, 1.165) is 32.1 Å². The molecule has 0 unspecified atom stereocenters. The summed E-state index contributed by atoms with van der Waals surface area (Å²) >= 11 is 0. The van der Waals surface area contributed by atoms with Crippen LogP contribution >= 0.6 is 0 Å². The molecule has 15 heavy (non-hydrogen) atoms. The minimum Gasteiger partial charge on any atom is -0.368 e. The number of nitrogens with one attached hydrogen (secondary N) is 1. The van der Waals surface area contributed by atoms with Crippen LogP contribution in [0, 0.1) is 0 Å². The lowest BCUT2D eigenvalue weighted by Crippen LogP contribution is -2.56. The molecule has 0 spiro atoms. The van der Waals surface area contributed by atoms with Crippen molar-refractivity contribution in [1.29, 1.82) is 0 Å². The van der Waals surface area contributed by atoms with Gasteiger partial charge in [0.05, 0.1) is 0 Å². The number of nitrogens with two attached hydrogens (primary N) is 2. The van der Waals surface area contributed by atoms with E-state index in [-0.39, 0.29) is 0 Å². The zero-order valence-corrected chi connectivity index (χ0v) is 9.59. The Balaban J connectivity index is 3.64. The van der Waals surface area contributed by atoms with Gasteiger partial charge in [0, 0.05) is 0 Å². The molecule has 0 aromatic rings. The van der Waals surface area contributed by atoms with Gasteiger partial charge in [0.2, 0.25) is 5.91 Å². The van der Waals surface area contributed by atoms with Crippen molar-refractivity contribution >= 4 is 5.91 Å². The molecule has 0 fully saturated rings. The molecule has 1 atom stereocenters. The van der Waals surface area contributed by atoms with E-state index >= 15 is 0 Å². The van der Waals surface area contributed by atoms with Crippen LogP contribution < -0.4 is 17.0 Å². The highest BCUT2D eigenvalue weighted by atomic mass is 16.1. The quantitative estimate of drug-likeness (QED) is 0.233. The fourth-order valence-corrected chi connectivity index (χ4v) is 1.39. The Morgan fingerprint density at radius 1 is 1.40 bits per heavy atom. The van der Waals surface area contributed by atoms with Gasteiger partial charge in [-0.3, -0.25) is 10.6 Å². The molecular formula is C11H23N3O. The van der Waals surface area contributed by atoms with Gasteiger partial charge < -0.3 is 5.73 Å². The number of hydrazine groups is 1. The van der Waals surface area contributed by atoms with Crippen molar-refractivity contribution in [3.63, 3.8) is 0 Å². The first kappa shape index (κ1) is 14.1. The molecule has 0 aliphatic carbocycles. The van der Waals surface area contributed by atoms with Crippen molar-refractivity contribution in [2.45, 2.75) is 51.0 Å². The van der Waals surface area contributed by atoms with Crippen molar-refractivity contribution < 1.29 is 4.79 Å². The Bertz CT molecular complexity index is 206. The van der Waals surface area contributed by atoms with E-state index in [9.17, 15) is 4.79 Å². The summed E-state index contributed by atoms with van der Waals surface area (Å²) in [7, 11) is 0. The number of allylic oxidation sites excluding steroid dienone is 1. The van der Waals surface area contributed by atoms with E-state index in [1.165, 1.54) is 0 Å². The van der Waals surface area contributed by atoms with Gasteiger partial charge in [0.25, 0.3) is 0 Å². The number of unbranched alkanes of at least 4 members (excludes halogenated alkanes) is 4. The molecule has 0 rings (SSSR count). The van der Waals surface area contributed by atoms with Crippen LogP contribution in [0.15, 0.2) is 12.7 Å². The Labute approximate surface area is 92.1 Å². The standard InChI is InChI=1S/C11H23N3O/c1-3-4-5-6-7-8-9-11(2,14-13)10(12)15/h3,14H,1,4-9,13H2,2H3,(H2,12,15)/t11-/m0/s1. The van der Waals surface area contributed by atoms with E-state index in [4.69, 9.17) is 11.6 Å². The number of hydrogen-bond donors (Lipinski definition) is 3. The Hall–Kier alpha value is -0.870. The molecule has 0 saturated carbocycles. The third-order valence-corrected chi connectivity index (χ3v) is 2.70. The fourth-order valence-electron chi connectivity index (χ4n) is 1.39. The molecule has 0 bridgehead atoms. The Kier molecular flexibility index (Phi) is 6.99. The molecule has 0 saturated heterocycles. The van der Waals surface area contributed by atoms with E-state index in [1.807, 2.05) is 6.08 Å². The number of amides is 1. The van der Waals surface area contributed by atoms with E-state index in [1.54, 1.807) is 6.92 Å². The van der Waals surface area contributed by atoms with Gasteiger partial charge in [-0.15, -0.1) is 6.58 Å². The fraction of sp³-hybridized carbons (Fsp3) is 0.727. The average Bonchev–Trinajstić information content (AvgIpc) is 2.22. The Morgan fingerprint density at radius 2 is 2.00 bits per heavy atom. The van der Waals surface area contributed by atoms with Crippen molar-refractivity contribution in [2.24, 2.45) is 11.6 Å². The largest absolute Gasteiger partial charge is 0.368 e. The highest BCUT2D eigenvalue weighted by molar-refractivity contribution is 5.83. The number of primary amides is 1. The second-order valence-corrected chi connectivity index (χ2v) is 4.08. The molecule has 1 amide bonds. The molecule has 0 aromatic heterocycles. The first-order valence-electron chi connectivity index (χ1n) is 5.45. The van der Waals surface area contributed by atoms with E-state index in [0.29, 0.717) is 6.42 Å². The van der Waals surface area contributed by atoms with Crippen molar-refractivity contribution in [2.75, 3.05) is 0 Å². The minimum atomic E-state index is -0.765. The topological polar surface area (TPSA) is 81.1 Å². The summed E-state index contributed by atoms with van der Waals surface area (Å²) in [5.41, 5.74) is 6.97. The van der Waals surface area contributed by atoms with Gasteiger partial charge in [0.1, 0.15) is 5.54 Å². The lowest BCUT2D eigenvalue weighted by molar-refractivity contribution is -0.124. The van der Waals surface area contributed by atoms with Crippen molar-refractivity contribution in [1.82, 2.24) is 5.43 Å². The summed E-state index contributed by atoms with van der Waals surface area (Å²) < 4.78 is 0. The number of hydrogen-bond acceptors (Lipinski definition) is 3. The van der Waals surface area contributed by atoms with E-state index in [2.05, 4.69) is 12.0 Å². The second kappa shape index (κ2) is 7.43. The minimum absolute atomic E-state index is 0.393. The third-order valence-electron chi connectivity index (χ3n) is 2.70. The smallest absolute Gasteiger partial charge is 0.238 e. The van der Waals surface area contributed by atoms with Crippen LogP contribution in [0.1, 0.15) is 45.4 Å². The van der Waals surface area contributed by atoms with Gasteiger partial charge in [0.15, 0.2) is 0 Å². The summed E-state index contributed by atoms with van der Waals surface area (Å²) in [6, 6.07) is 0. The molecule has 0 radical (unpaired) electrons. The second-order valence-electron chi connectivity index (χ2n) is 4.08. The van der Waals surface area contributed by atoms with Crippen molar-refractivity contribution in [3.05, 3.63) is 12.7 Å². The summed E-state index contributed by atoms with van der Waals surface area (Å²) in [4.78, 5) is 11.1. The molecule has 4 nitrogen and oxygen atoms in total. The molecule has 4 heteroatoms. The average molecular weight is 213 g/mol. The van der Waals surface area contributed by atoms with Gasteiger partial charge in [-0.05, 0) is 26.2 Å². The first-order chi connectivity index (χ1) is 7.06. The summed E-state index contributed by atoms with van der Waals surface area (Å²) in [5, 5.41) is 0. The van der Waals surface area contributed by atoms with Gasteiger partial charge >= 0.3 is 0 Å². The van der Waals surface area contributed by atoms with Crippen molar-refractivity contribution in [3.8, 4) is 0 Å². The highest BCUT2D eigenvalue weighted by Crippen LogP contribution is 2.14. The van der Waals surface area contributed by atoms with Gasteiger partial charge in [-0.1, -0.05) is 25.3 Å². The molecule has 0 heterocycles. The van der Waals surface area contributed by atoms with Crippen LogP contribution in [0.2, 0.25) is 0 Å². The van der Waals surface area contributed by atoms with Gasteiger partial charge in [-0.25, -0.2) is 5.43 Å². The zero-order chi connectivity index (χ0) is 11.7. The maximum atomic E-state index is 11.1. The molecule has 0 aliphatic rings. The summed E-state index contributed by atoms with van der Waals surface area (Å²) in [6.07, 6.45) is 8.04. The maximum absolute atomic E-state index is 11.1. The van der Waals surface area contributed by atoms with Crippen LogP contribution in [-0.2, 0) is 4.79 Å². The molecule has 88 valence electrons. The van der Waals surface area contributed by atoms with Crippen LogP contribution in [0.25, 0.3) is 0 Å². The molecule has 0 aliphatic heterocycles. The zero-order valence-electron chi connectivity index (χ0n) is 9.59. The predicted octanol–water partition coefficient (Wildman–Crippen LogP) is 1.22. The molecular weight excluding hydrogens is 190 g/mol. The summed E-state index contributed by atoms with van der Waals surface area (Å²) in [5.74, 6) is 4.91. The van der Waals surface area contributed by atoms with Crippen LogP contribution in [-0.4, -0.2) is 11.4 Å². The normalized spacial score (nSPS) is 14.5. The van der Waals surface area contributed by atoms with Crippen LogP contribution in [0.4, 0.5) is 0 Å². The van der Waals surface area contributed by atoms with E-state index < -0.39 is 11.4 Å². The SMILES string of the molecule is C=CCCCCCC[C@](C)(NN)C(N)=O. The molecule has 5 N–H and O–H groups in total. The number of rotatable bonds is 9. The summed E-state index contributed by atoms with van der Waals surface area (Å²) in [6.45, 7) is 5.40. The maximum Gasteiger partial charge on any atom is 0.238 e. The van der Waals surface area contributed by atoms with Crippen LogP contribution in [0.3, 0.4) is 0 Å². The Morgan fingerprint density at radius 3 is 2.47 bits per heavy atom. The molecule has 0 aromatic carbocycles. The number of carbonyl (C=O) groups excluding carboxylic acids is 1. The lowest BCUT2D eigenvalue weighted by atomic mass is 9.94. The predicted molar refractivity (Wildman–Crippen MR) is 62.8 cm³/mol. The highest BCUT2D eigenvalue weighted by Gasteiger charge is 2.28. The van der Waals surface area contributed by atoms with Crippen LogP contribution in [0.5, 0.6) is 0 Å².